The van der Waals surface area contributed by atoms with Crippen LogP contribution in [0.3, 0.4) is 0 Å². The second kappa shape index (κ2) is 4.62. The molecule has 2 N–H and O–H groups in total. The van der Waals surface area contributed by atoms with Crippen LogP contribution in [-0.4, -0.2) is 25.0 Å². The average Bonchev–Trinajstić information content (AvgIpc) is 2.13. The monoisotopic (exact) mass is 176 g/mol. The Bertz CT molecular complexity index is 140. The van der Waals surface area contributed by atoms with E-state index in [2.05, 4.69) is 12.4 Å². The Kier molecular flexibility index (Phi) is 4.52. The van der Waals surface area contributed by atoms with Crippen molar-refractivity contribution in [1.29, 1.82) is 0 Å². The minimum atomic E-state index is 0. The molecule has 0 aromatic carbocycles. The molecule has 4 heteroatoms. The first kappa shape index (κ1) is 10.8. The van der Waals surface area contributed by atoms with Gasteiger partial charge in [0.2, 0.25) is 5.91 Å². The number of likely N-dealkylation sites (tertiary alicyclic amines) is 1. The molecular formula is C7H16N2OS. The first-order valence-corrected chi connectivity index (χ1v) is 3.62. The van der Waals surface area contributed by atoms with E-state index in [1.54, 1.807) is 6.92 Å². The Hall–Kier alpha value is -0.220. The van der Waals surface area contributed by atoms with Gasteiger partial charge in [-0.2, -0.15) is 20.5 Å². The summed E-state index contributed by atoms with van der Waals surface area (Å²) in [6.45, 7) is 3.60. The lowest BCUT2D eigenvalue weighted by Crippen LogP contribution is -3.05. The fourth-order valence-electron chi connectivity index (χ4n) is 1.34. The minimum Gasteiger partial charge on any atom is -0.466 e. The maximum atomic E-state index is 10.6. The molecular weight excluding hydrogens is 160 g/mol. The van der Waals surface area contributed by atoms with Gasteiger partial charge in [0.15, 0.2) is 0 Å². The summed E-state index contributed by atoms with van der Waals surface area (Å²) in [4.78, 5) is 11.8. The summed E-state index contributed by atoms with van der Waals surface area (Å²) in [7, 11) is 3.86. The third-order valence-electron chi connectivity index (χ3n) is 1.79. The maximum absolute atomic E-state index is 10.6. The van der Waals surface area contributed by atoms with E-state index in [1.165, 1.54) is 4.90 Å². The van der Waals surface area contributed by atoms with Crippen LogP contribution in [0.5, 0.6) is 0 Å². The van der Waals surface area contributed by atoms with E-state index in [0.29, 0.717) is 6.04 Å². The Morgan fingerprint density at radius 1 is 1.73 bits per heavy atom. The first-order valence-electron chi connectivity index (χ1n) is 3.62. The number of nitrogens with one attached hydrogen (secondary N) is 2. The fourth-order valence-corrected chi connectivity index (χ4v) is 1.34. The van der Waals surface area contributed by atoms with Gasteiger partial charge >= 0.3 is 0 Å². The topological polar surface area (TPSA) is 33.5 Å². The van der Waals surface area contributed by atoms with Crippen molar-refractivity contribution in [2.24, 2.45) is 0 Å². The fraction of sp³-hybridized carbons (Fsp3) is 0.714. The van der Waals surface area contributed by atoms with E-state index in [9.17, 15) is 4.79 Å². The predicted molar refractivity (Wildman–Crippen MR) is 48.7 cm³/mol. The van der Waals surface area contributed by atoms with Crippen LogP contribution >= 0.6 is 13.5 Å². The number of amides is 1. The Labute approximate surface area is 74.6 Å². The normalized spacial score (nSPS) is 29.3. The van der Waals surface area contributed by atoms with Gasteiger partial charge in [0, 0.05) is 13.3 Å². The lowest BCUT2D eigenvalue weighted by Gasteiger charge is -2.12. The molecule has 0 spiro atoms. The molecule has 1 saturated heterocycles. The Morgan fingerprint density at radius 2 is 2.36 bits per heavy atom. The van der Waals surface area contributed by atoms with Crippen LogP contribution in [0.25, 0.3) is 0 Å². The molecule has 1 aliphatic rings. The largest absolute Gasteiger partial charge is 0.466 e. The highest BCUT2D eigenvalue weighted by Gasteiger charge is 2.19. The molecule has 2 atom stereocenters. The number of hydrogen-bond donors (Lipinski definition) is 2. The molecule has 0 aromatic rings. The van der Waals surface area contributed by atoms with Crippen LogP contribution in [0, 0.1) is 7.05 Å². The van der Waals surface area contributed by atoms with Crippen molar-refractivity contribution in [2.45, 2.75) is 19.4 Å². The lowest BCUT2D eigenvalue weighted by atomic mass is 10.3. The summed E-state index contributed by atoms with van der Waals surface area (Å²) in [6, 6.07) is 0.366. The van der Waals surface area contributed by atoms with E-state index >= 15 is 0 Å². The SMILES string of the molecule is S.[CH2-][NH+]1CC[C@H](NC(C)=O)C1. The van der Waals surface area contributed by atoms with E-state index in [4.69, 9.17) is 0 Å². The van der Waals surface area contributed by atoms with E-state index in [-0.39, 0.29) is 19.4 Å². The molecule has 66 valence electrons. The van der Waals surface area contributed by atoms with Gasteiger partial charge in [-0.3, -0.25) is 4.79 Å². The zero-order valence-corrected chi connectivity index (χ0v) is 7.81. The van der Waals surface area contributed by atoms with Gasteiger partial charge in [-0.05, 0) is 0 Å². The highest BCUT2D eigenvalue weighted by molar-refractivity contribution is 7.59. The van der Waals surface area contributed by atoms with Gasteiger partial charge < -0.3 is 10.2 Å². The van der Waals surface area contributed by atoms with Gasteiger partial charge in [-0.1, -0.05) is 0 Å². The van der Waals surface area contributed by atoms with Crippen molar-refractivity contribution in [3.05, 3.63) is 7.05 Å². The molecule has 0 saturated carbocycles. The molecule has 0 bridgehead atoms. The zero-order valence-electron chi connectivity index (χ0n) is 6.81. The zero-order chi connectivity index (χ0) is 7.56. The number of quaternary nitrogens is 1. The van der Waals surface area contributed by atoms with Crippen molar-refractivity contribution in [3.8, 4) is 0 Å². The molecule has 1 aliphatic heterocycles. The average molecular weight is 176 g/mol. The molecule has 1 rings (SSSR count). The van der Waals surface area contributed by atoms with Crippen molar-refractivity contribution in [2.75, 3.05) is 13.1 Å². The van der Waals surface area contributed by atoms with Crippen LogP contribution in [0.15, 0.2) is 0 Å². The summed E-state index contributed by atoms with van der Waals surface area (Å²) in [5.74, 6) is 0.0692. The van der Waals surface area contributed by atoms with Gasteiger partial charge in [0.1, 0.15) is 0 Å². The third kappa shape index (κ3) is 3.62. The quantitative estimate of drug-likeness (QED) is 0.478. The van der Waals surface area contributed by atoms with Gasteiger partial charge in [0.05, 0.1) is 19.1 Å². The predicted octanol–water partition coefficient (Wildman–Crippen LogP) is -1.32. The molecule has 3 nitrogen and oxygen atoms in total. The Balaban J connectivity index is 0.000001000. The molecule has 1 fully saturated rings. The van der Waals surface area contributed by atoms with Gasteiger partial charge in [-0.25, -0.2) is 0 Å². The molecule has 1 unspecified atom stereocenters. The van der Waals surface area contributed by atoms with Gasteiger partial charge in [0.25, 0.3) is 0 Å². The number of hydrogen-bond acceptors (Lipinski definition) is 1. The summed E-state index contributed by atoms with van der Waals surface area (Å²) < 4.78 is 0. The van der Waals surface area contributed by atoms with Crippen LogP contribution in [-0.2, 0) is 4.79 Å². The number of carbonyl (C=O) groups is 1. The van der Waals surface area contributed by atoms with Crippen LogP contribution in [0.1, 0.15) is 13.3 Å². The standard InChI is InChI=1S/C7H14N2O.H2S/c1-6(10)8-7-3-4-9(2)5-7;/h7,9H,2-5H2,1H3,(H,8,10);1H2/t7-;/m0./s1. The van der Waals surface area contributed by atoms with E-state index in [0.717, 1.165) is 19.5 Å². The summed E-state index contributed by atoms with van der Waals surface area (Å²) in [6.07, 6.45) is 1.07. The van der Waals surface area contributed by atoms with Crippen molar-refractivity contribution in [1.82, 2.24) is 5.32 Å². The second-order valence-corrected chi connectivity index (χ2v) is 2.89. The van der Waals surface area contributed by atoms with Crippen molar-refractivity contribution in [3.63, 3.8) is 0 Å². The van der Waals surface area contributed by atoms with Crippen molar-refractivity contribution < 1.29 is 9.69 Å². The van der Waals surface area contributed by atoms with Crippen LogP contribution in [0.4, 0.5) is 0 Å². The molecule has 11 heavy (non-hydrogen) atoms. The molecule has 0 aromatic heterocycles. The minimum absolute atomic E-state index is 0. The number of rotatable bonds is 1. The summed E-state index contributed by atoms with van der Waals surface area (Å²) in [5, 5.41) is 2.87. The van der Waals surface area contributed by atoms with Gasteiger partial charge in [-0.15, -0.1) is 0 Å². The first-order chi connectivity index (χ1) is 4.68. The van der Waals surface area contributed by atoms with Crippen LogP contribution in [0.2, 0.25) is 0 Å². The number of carbonyl (C=O) groups excluding carboxylic acids is 1. The maximum Gasteiger partial charge on any atom is 0.217 e. The molecule has 1 heterocycles. The second-order valence-electron chi connectivity index (χ2n) is 2.89. The van der Waals surface area contributed by atoms with Crippen molar-refractivity contribution >= 4 is 19.4 Å². The Morgan fingerprint density at radius 3 is 2.73 bits per heavy atom. The van der Waals surface area contributed by atoms with E-state index in [1.807, 2.05) is 0 Å². The smallest absolute Gasteiger partial charge is 0.217 e. The molecule has 0 aliphatic carbocycles. The highest BCUT2D eigenvalue weighted by atomic mass is 32.1. The highest BCUT2D eigenvalue weighted by Crippen LogP contribution is 1.91. The summed E-state index contributed by atoms with van der Waals surface area (Å²) >= 11 is 0. The molecule has 1 amide bonds. The summed E-state index contributed by atoms with van der Waals surface area (Å²) in [5.41, 5.74) is 0. The molecule has 0 radical (unpaired) electrons. The van der Waals surface area contributed by atoms with E-state index < -0.39 is 0 Å². The third-order valence-corrected chi connectivity index (χ3v) is 1.79. The van der Waals surface area contributed by atoms with Crippen LogP contribution < -0.4 is 10.2 Å². The lowest BCUT2D eigenvalue weighted by molar-refractivity contribution is -0.840.